The molecule has 0 aliphatic carbocycles. The Morgan fingerprint density at radius 3 is 1.56 bits per heavy atom. The van der Waals surface area contributed by atoms with E-state index in [1.54, 1.807) is 24.3 Å². The van der Waals surface area contributed by atoms with E-state index < -0.39 is 15.4 Å². The monoisotopic (exact) mass is 270 g/mol. The van der Waals surface area contributed by atoms with Gasteiger partial charge in [0.1, 0.15) is 0 Å². The molecule has 94 valence electrons. The summed E-state index contributed by atoms with van der Waals surface area (Å²) in [7, 11) is -4.53. The van der Waals surface area contributed by atoms with Crippen molar-refractivity contribution in [3.05, 3.63) is 48.5 Å². The van der Waals surface area contributed by atoms with Crippen LogP contribution in [0.5, 0.6) is 0 Å². The second-order valence-electron chi connectivity index (χ2n) is 4.11. The first-order valence-electron chi connectivity index (χ1n) is 5.33. The fourth-order valence-corrected chi connectivity index (χ4v) is 4.82. The maximum atomic E-state index is 13.2. The maximum absolute atomic E-state index is 13.2. The van der Waals surface area contributed by atoms with Crippen molar-refractivity contribution < 1.29 is 17.4 Å². The lowest BCUT2D eigenvalue weighted by molar-refractivity contribution is -0.0417. The molecule has 0 radical (unpaired) electrons. The van der Waals surface area contributed by atoms with Crippen molar-refractivity contribution in [2.24, 2.45) is 0 Å². The van der Waals surface area contributed by atoms with Crippen LogP contribution in [-0.2, 0) is 9.93 Å². The van der Waals surface area contributed by atoms with Crippen molar-refractivity contribution in [3.8, 4) is 11.1 Å². The molecular weight excluding hydrogens is 261 g/mol. The number of halogens is 3. The van der Waals surface area contributed by atoms with Gasteiger partial charge in [-0.05, 0) is 23.3 Å². The van der Waals surface area contributed by atoms with E-state index in [1.165, 1.54) is 24.3 Å². The molecule has 1 heterocycles. The molecule has 2 aromatic carbocycles. The van der Waals surface area contributed by atoms with E-state index in [1.807, 2.05) is 0 Å². The van der Waals surface area contributed by atoms with Gasteiger partial charge >= 0.3 is 5.51 Å². The van der Waals surface area contributed by atoms with E-state index in [4.69, 9.17) is 0 Å². The fourth-order valence-electron chi connectivity index (χ4n) is 2.35. The zero-order valence-electron chi connectivity index (χ0n) is 9.11. The van der Waals surface area contributed by atoms with Crippen LogP contribution in [0.4, 0.5) is 13.2 Å². The average molecular weight is 270 g/mol. The molecule has 0 fully saturated rings. The highest BCUT2D eigenvalue weighted by Crippen LogP contribution is 2.54. The van der Waals surface area contributed by atoms with E-state index in [0.29, 0.717) is 11.1 Å². The van der Waals surface area contributed by atoms with E-state index >= 15 is 0 Å². The Balaban J connectivity index is 2.46. The lowest BCUT2D eigenvalue weighted by atomic mass is 10.1. The van der Waals surface area contributed by atoms with Crippen molar-refractivity contribution in [1.29, 1.82) is 0 Å². The van der Waals surface area contributed by atoms with Gasteiger partial charge in [0.15, 0.2) is 0 Å². The highest BCUT2D eigenvalue weighted by atomic mass is 32.2. The quantitative estimate of drug-likeness (QED) is 0.723. The summed E-state index contributed by atoms with van der Waals surface area (Å²) in [5.74, 6) is 0. The zero-order valence-corrected chi connectivity index (χ0v) is 10.0. The van der Waals surface area contributed by atoms with Gasteiger partial charge in [0.2, 0.25) is 0 Å². The van der Waals surface area contributed by atoms with Gasteiger partial charge in [-0.15, -0.1) is 0 Å². The fraction of sp³-hybridized carbons (Fsp3) is 0.0769. The number of rotatable bonds is 0. The first-order valence-corrected chi connectivity index (χ1v) is 7.03. The number of hydrogen-bond donors (Lipinski definition) is 1. The summed E-state index contributed by atoms with van der Waals surface area (Å²) in [6.45, 7) is 0. The van der Waals surface area contributed by atoms with Crippen molar-refractivity contribution in [3.63, 3.8) is 0 Å². The van der Waals surface area contributed by atoms with Gasteiger partial charge in [0.25, 0.3) is 0 Å². The third-order valence-corrected chi connectivity index (χ3v) is 5.98. The standard InChI is InChI=1S/C13H9F3OS/c14-13(15,16)18(17)11-7-3-1-5-9(11)10-6-2-4-8-12(10)18/h1-8,18H. The normalized spacial score (nSPS) is 17.9. The van der Waals surface area contributed by atoms with E-state index in [2.05, 4.69) is 0 Å². The SMILES string of the molecule is O=[SH]1(C(F)(F)F)c2ccccc2-c2ccccc21. The summed E-state index contributed by atoms with van der Waals surface area (Å²) in [5.41, 5.74) is -3.89. The Morgan fingerprint density at radius 2 is 1.17 bits per heavy atom. The summed E-state index contributed by atoms with van der Waals surface area (Å²) in [5, 5.41) is 0. The summed E-state index contributed by atoms with van der Waals surface area (Å²) in [6.07, 6.45) is 0. The van der Waals surface area contributed by atoms with E-state index in [9.17, 15) is 17.4 Å². The smallest absolute Gasteiger partial charge is 0.268 e. The van der Waals surface area contributed by atoms with Crippen LogP contribution in [0.25, 0.3) is 11.1 Å². The molecule has 0 N–H and O–H groups in total. The summed E-state index contributed by atoms with van der Waals surface area (Å²) < 4.78 is 52.3. The van der Waals surface area contributed by atoms with Gasteiger partial charge in [-0.25, -0.2) is 0 Å². The Bertz CT molecular complexity index is 626. The lowest BCUT2D eigenvalue weighted by Crippen LogP contribution is -2.29. The predicted molar refractivity (Wildman–Crippen MR) is 64.0 cm³/mol. The molecule has 3 rings (SSSR count). The third-order valence-electron chi connectivity index (χ3n) is 3.13. The van der Waals surface area contributed by atoms with Crippen LogP contribution in [0.2, 0.25) is 0 Å². The molecule has 0 unspecified atom stereocenters. The second-order valence-corrected chi connectivity index (χ2v) is 6.80. The van der Waals surface area contributed by atoms with E-state index in [-0.39, 0.29) is 9.79 Å². The zero-order chi connectivity index (χ0) is 13.0. The molecule has 18 heavy (non-hydrogen) atoms. The summed E-state index contributed by atoms with van der Waals surface area (Å²) in [6, 6.07) is 12.1. The van der Waals surface area contributed by atoms with Crippen molar-refractivity contribution in [2.45, 2.75) is 15.3 Å². The molecule has 0 aromatic heterocycles. The largest absolute Gasteiger partial charge is 0.456 e. The van der Waals surface area contributed by atoms with Crippen LogP contribution in [0.1, 0.15) is 0 Å². The lowest BCUT2D eigenvalue weighted by Gasteiger charge is -2.23. The predicted octanol–water partition coefficient (Wildman–Crippen LogP) is 3.62. The molecule has 5 heteroatoms. The topological polar surface area (TPSA) is 17.1 Å². The second kappa shape index (κ2) is 3.45. The Morgan fingerprint density at radius 1 is 0.778 bits per heavy atom. The molecule has 0 saturated carbocycles. The highest BCUT2D eigenvalue weighted by molar-refractivity contribution is 8.04. The van der Waals surface area contributed by atoms with Crippen LogP contribution < -0.4 is 0 Å². The third kappa shape index (κ3) is 1.25. The molecule has 2 aromatic rings. The molecule has 0 amide bonds. The van der Waals surface area contributed by atoms with Gasteiger partial charge in [-0.3, -0.25) is 4.21 Å². The molecule has 0 saturated heterocycles. The van der Waals surface area contributed by atoms with Crippen LogP contribution in [-0.4, -0.2) is 9.72 Å². The van der Waals surface area contributed by atoms with Gasteiger partial charge in [-0.1, -0.05) is 36.4 Å². The van der Waals surface area contributed by atoms with Gasteiger partial charge < -0.3 is 0 Å². The van der Waals surface area contributed by atoms with Crippen molar-refractivity contribution >= 4 is 9.93 Å². The van der Waals surface area contributed by atoms with Crippen LogP contribution in [0, 0.1) is 0 Å². The Hall–Kier alpha value is -1.62. The first kappa shape index (κ1) is 11.5. The van der Waals surface area contributed by atoms with Gasteiger partial charge in [0, 0.05) is 19.7 Å². The van der Waals surface area contributed by atoms with Gasteiger partial charge in [-0.2, -0.15) is 13.2 Å². The highest BCUT2D eigenvalue weighted by Gasteiger charge is 2.52. The molecule has 1 nitrogen and oxygen atoms in total. The first-order chi connectivity index (χ1) is 8.46. The van der Waals surface area contributed by atoms with Gasteiger partial charge in [0.05, 0.1) is 0 Å². The molecule has 0 atom stereocenters. The maximum Gasteiger partial charge on any atom is 0.456 e. The number of thiol groups is 1. The Labute approximate surface area is 103 Å². The van der Waals surface area contributed by atoms with Crippen LogP contribution in [0.3, 0.4) is 0 Å². The molecular formula is C13H9F3OS. The molecule has 0 spiro atoms. The number of alkyl halides is 3. The summed E-state index contributed by atoms with van der Waals surface area (Å²) >= 11 is 0. The average Bonchev–Trinajstić information content (AvgIpc) is 2.62. The van der Waals surface area contributed by atoms with Crippen LogP contribution in [0.15, 0.2) is 58.3 Å². The molecule has 0 bridgehead atoms. The Kier molecular flexibility index (Phi) is 2.20. The number of fused-ring (bicyclic) bond motifs is 3. The minimum atomic E-state index is -4.74. The minimum Gasteiger partial charge on any atom is -0.268 e. The molecule has 1 aliphatic heterocycles. The summed E-state index contributed by atoms with van der Waals surface area (Å²) in [4.78, 5) is -0.197. The number of hydrogen-bond acceptors (Lipinski definition) is 1. The number of benzene rings is 2. The minimum absolute atomic E-state index is 0.0984. The van der Waals surface area contributed by atoms with E-state index in [0.717, 1.165) is 0 Å². The van der Waals surface area contributed by atoms with Crippen molar-refractivity contribution in [2.75, 3.05) is 0 Å². The van der Waals surface area contributed by atoms with Crippen molar-refractivity contribution in [1.82, 2.24) is 0 Å². The van der Waals surface area contributed by atoms with Crippen LogP contribution >= 0.6 is 0 Å². The molecule has 1 aliphatic rings.